The van der Waals surface area contributed by atoms with E-state index in [1.54, 1.807) is 6.07 Å². The van der Waals surface area contributed by atoms with Crippen molar-refractivity contribution in [1.82, 2.24) is 0 Å². The molecule has 0 radical (unpaired) electrons. The number of hydrogen-bond donors (Lipinski definition) is 1. The minimum atomic E-state index is -1.89. The fourth-order valence-electron chi connectivity index (χ4n) is 1.90. The van der Waals surface area contributed by atoms with Gasteiger partial charge < -0.3 is 23.7 Å². The zero-order valence-electron chi connectivity index (χ0n) is 13.7. The first-order valence-electron chi connectivity index (χ1n) is 6.66. The van der Waals surface area contributed by atoms with Crippen molar-refractivity contribution >= 4 is 20.4 Å². The van der Waals surface area contributed by atoms with Crippen LogP contribution < -0.4 is 18.6 Å². The van der Waals surface area contributed by atoms with Crippen LogP contribution in [0.4, 0.5) is 0 Å². The van der Waals surface area contributed by atoms with Crippen molar-refractivity contribution in [2.24, 2.45) is 0 Å². The number of carboxylic acids is 1. The Morgan fingerprint density at radius 3 is 2.00 bits per heavy atom. The second-order valence-electron chi connectivity index (χ2n) is 5.45. The Bertz CT molecular complexity index is 574. The summed E-state index contributed by atoms with van der Waals surface area (Å²) in [7, 11) is 2.59. The largest absolute Gasteiger partial charge is 0.542 e. The van der Waals surface area contributed by atoms with Gasteiger partial charge >= 0.3 is 5.97 Å². The van der Waals surface area contributed by atoms with Crippen LogP contribution >= 0.6 is 0 Å². The Morgan fingerprint density at radius 1 is 1.05 bits per heavy atom. The lowest BCUT2D eigenvalue weighted by Gasteiger charge is -2.24. The summed E-state index contributed by atoms with van der Waals surface area (Å²) in [6.07, 6.45) is 2.46. The number of hydrogen-bond acceptors (Lipinski definition) is 5. The van der Waals surface area contributed by atoms with Crippen LogP contribution in [-0.4, -0.2) is 40.7 Å². The van der Waals surface area contributed by atoms with Crippen LogP contribution in [0.15, 0.2) is 12.1 Å². The van der Waals surface area contributed by atoms with E-state index in [0.717, 1.165) is 6.08 Å². The van der Waals surface area contributed by atoms with Crippen LogP contribution in [-0.2, 0) is 4.79 Å². The summed E-state index contributed by atoms with van der Waals surface area (Å²) < 4.78 is 22.1. The highest BCUT2D eigenvalue weighted by molar-refractivity contribution is 6.70. The first-order chi connectivity index (χ1) is 10.2. The number of methoxy groups -OCH3 is 3. The second kappa shape index (κ2) is 7.21. The number of ether oxygens (including phenoxy) is 3. The molecule has 0 aliphatic heterocycles. The molecule has 22 heavy (non-hydrogen) atoms. The topological polar surface area (TPSA) is 74.2 Å². The Hall–Kier alpha value is -2.15. The van der Waals surface area contributed by atoms with Gasteiger partial charge in [-0.2, -0.15) is 0 Å². The van der Waals surface area contributed by atoms with Gasteiger partial charge in [0.25, 0.3) is 0 Å². The Balaban J connectivity index is 3.56. The van der Waals surface area contributed by atoms with Gasteiger partial charge in [0.1, 0.15) is 0 Å². The number of aliphatic carboxylic acids is 1. The average molecular weight is 326 g/mol. The highest BCUT2D eigenvalue weighted by Crippen LogP contribution is 2.47. The number of carbonyl (C=O) groups is 1. The molecule has 0 fully saturated rings. The van der Waals surface area contributed by atoms with Crippen molar-refractivity contribution in [3.05, 3.63) is 17.7 Å². The fourth-order valence-corrected chi connectivity index (χ4v) is 2.71. The predicted molar refractivity (Wildman–Crippen MR) is 86.7 cm³/mol. The first-order valence-corrected chi connectivity index (χ1v) is 10.1. The zero-order chi connectivity index (χ0) is 16.9. The molecule has 1 aromatic rings. The van der Waals surface area contributed by atoms with E-state index < -0.39 is 14.3 Å². The van der Waals surface area contributed by atoms with Gasteiger partial charge in [-0.05, 0) is 31.8 Å². The molecule has 1 N–H and O–H groups in total. The van der Waals surface area contributed by atoms with E-state index in [0.29, 0.717) is 28.6 Å². The predicted octanol–water partition coefficient (Wildman–Crippen LogP) is 3.02. The maximum Gasteiger partial charge on any atom is 0.328 e. The van der Waals surface area contributed by atoms with E-state index in [-0.39, 0.29) is 0 Å². The molecule has 0 saturated heterocycles. The molecule has 0 atom stereocenters. The zero-order valence-corrected chi connectivity index (χ0v) is 14.7. The molecule has 0 bridgehead atoms. The summed E-state index contributed by atoms with van der Waals surface area (Å²) in [5, 5.41) is 8.81. The minimum absolute atomic E-state index is 0.366. The van der Waals surface area contributed by atoms with Gasteiger partial charge in [-0.1, -0.05) is 0 Å². The molecule has 0 aliphatic carbocycles. The van der Waals surface area contributed by atoms with E-state index in [2.05, 4.69) is 0 Å². The minimum Gasteiger partial charge on any atom is -0.542 e. The molecule has 1 aromatic carbocycles. The summed E-state index contributed by atoms with van der Waals surface area (Å²) in [6.45, 7) is 6.11. The maximum absolute atomic E-state index is 10.8. The molecule has 6 nitrogen and oxygen atoms in total. The summed E-state index contributed by atoms with van der Waals surface area (Å²) >= 11 is 0. The van der Waals surface area contributed by atoms with Crippen molar-refractivity contribution in [2.45, 2.75) is 19.6 Å². The lowest BCUT2D eigenvalue weighted by molar-refractivity contribution is -0.131. The molecule has 0 aromatic heterocycles. The number of carboxylic acid groups (broad SMARTS) is 1. The van der Waals surface area contributed by atoms with Crippen molar-refractivity contribution < 1.29 is 28.5 Å². The molecule has 0 saturated carbocycles. The molecule has 7 heteroatoms. The quantitative estimate of drug-likeness (QED) is 0.613. The second-order valence-corrected chi connectivity index (χ2v) is 9.88. The van der Waals surface area contributed by atoms with E-state index in [1.807, 2.05) is 19.6 Å². The monoisotopic (exact) mass is 326 g/mol. The molecule has 0 amide bonds. The van der Waals surface area contributed by atoms with E-state index >= 15 is 0 Å². The third-order valence-electron chi connectivity index (χ3n) is 2.62. The first kappa shape index (κ1) is 17.9. The van der Waals surface area contributed by atoms with Crippen molar-refractivity contribution in [1.29, 1.82) is 0 Å². The highest BCUT2D eigenvalue weighted by Gasteiger charge is 2.25. The average Bonchev–Trinajstić information content (AvgIpc) is 2.42. The van der Waals surface area contributed by atoms with Gasteiger partial charge in [0.2, 0.25) is 19.8 Å². The molecule has 0 aliphatic rings. The smallest absolute Gasteiger partial charge is 0.328 e. The van der Waals surface area contributed by atoms with Crippen LogP contribution in [0.3, 0.4) is 0 Å². The lowest BCUT2D eigenvalue weighted by atomic mass is 10.1. The third-order valence-corrected chi connectivity index (χ3v) is 3.45. The molecular weight excluding hydrogens is 304 g/mol. The summed E-state index contributed by atoms with van der Waals surface area (Å²) in [6, 6.07) is 1.69. The van der Waals surface area contributed by atoms with E-state index in [9.17, 15) is 4.79 Å². The molecule has 1 rings (SSSR count). The van der Waals surface area contributed by atoms with Crippen LogP contribution in [0.1, 0.15) is 5.56 Å². The van der Waals surface area contributed by atoms with Crippen molar-refractivity contribution in [3.8, 4) is 23.0 Å². The van der Waals surface area contributed by atoms with Gasteiger partial charge in [0, 0.05) is 11.6 Å². The van der Waals surface area contributed by atoms with Crippen LogP contribution in [0.2, 0.25) is 19.6 Å². The highest BCUT2D eigenvalue weighted by atomic mass is 28.4. The third kappa shape index (κ3) is 4.42. The van der Waals surface area contributed by atoms with E-state index in [4.69, 9.17) is 23.7 Å². The van der Waals surface area contributed by atoms with Crippen molar-refractivity contribution in [2.75, 3.05) is 21.3 Å². The molecular formula is C15H22O6Si. The maximum atomic E-state index is 10.8. The summed E-state index contributed by atoms with van der Waals surface area (Å²) in [5.74, 6) is 0.633. The van der Waals surface area contributed by atoms with Crippen LogP contribution in [0.25, 0.3) is 6.08 Å². The van der Waals surface area contributed by atoms with Gasteiger partial charge in [0.15, 0.2) is 11.5 Å². The van der Waals surface area contributed by atoms with Gasteiger partial charge in [0.05, 0.1) is 21.3 Å². The standard InChI is InChI=1S/C15H22O6Si/c1-18-13-10(7-8-12(16)17)9-11(21-22(4,5)6)14(19-2)15(13)20-3/h7-9H,1-6H3,(H,16,17). The normalized spacial score (nSPS) is 11.4. The van der Waals surface area contributed by atoms with Gasteiger partial charge in [-0.3, -0.25) is 0 Å². The van der Waals surface area contributed by atoms with Gasteiger partial charge in [-0.15, -0.1) is 0 Å². The fraction of sp³-hybridized carbons (Fsp3) is 0.400. The number of benzene rings is 1. The summed E-state index contributed by atoms with van der Waals surface area (Å²) in [4.78, 5) is 10.8. The molecule has 0 heterocycles. The van der Waals surface area contributed by atoms with Crippen molar-refractivity contribution in [3.63, 3.8) is 0 Å². The van der Waals surface area contributed by atoms with Crippen LogP contribution in [0.5, 0.6) is 23.0 Å². The lowest BCUT2D eigenvalue weighted by Crippen LogP contribution is -2.29. The number of rotatable bonds is 7. The molecule has 0 unspecified atom stereocenters. The molecule has 122 valence electrons. The Morgan fingerprint density at radius 2 is 1.59 bits per heavy atom. The SMILES string of the molecule is COc1c(C=CC(=O)O)cc(O[Si](C)(C)C)c(OC)c1OC. The van der Waals surface area contributed by atoms with Gasteiger partial charge in [-0.25, -0.2) is 4.79 Å². The Kier molecular flexibility index (Phi) is 5.87. The summed E-state index contributed by atoms with van der Waals surface area (Å²) in [5.41, 5.74) is 0.538. The van der Waals surface area contributed by atoms with E-state index in [1.165, 1.54) is 27.4 Å². The molecule has 0 spiro atoms. The Labute approximate surface area is 131 Å². The van der Waals surface area contributed by atoms with Crippen LogP contribution in [0, 0.1) is 0 Å².